The molecule has 0 radical (unpaired) electrons. The largest absolute Gasteiger partial charge is 1.00 e. The Bertz CT molecular complexity index is 679. The van der Waals surface area contributed by atoms with Crippen molar-refractivity contribution in [3.63, 3.8) is 0 Å². The molecule has 1 N–H and O–H groups in total. The third kappa shape index (κ3) is 3.09. The molecule has 0 aliphatic carbocycles. The van der Waals surface area contributed by atoms with Gasteiger partial charge in [0.05, 0.1) is 12.0 Å². The predicted octanol–water partition coefficient (Wildman–Crippen LogP) is -3.04. The maximum atomic E-state index is 12.2. The van der Waals surface area contributed by atoms with E-state index in [1.54, 1.807) is 19.9 Å². The number of nitrogens with one attached hydrogen (secondary N) is 1. The second-order valence-corrected chi connectivity index (χ2v) is 8.19. The maximum Gasteiger partial charge on any atom is 1.00 e. The van der Waals surface area contributed by atoms with Crippen LogP contribution < -0.4 is 40.0 Å². The Hall–Kier alpha value is -0.480. The van der Waals surface area contributed by atoms with E-state index < -0.39 is 40.0 Å². The Morgan fingerprint density at radius 2 is 2.09 bits per heavy atom. The zero-order chi connectivity index (χ0) is 16.2. The van der Waals surface area contributed by atoms with E-state index >= 15 is 0 Å². The first kappa shape index (κ1) is 18.9. The Morgan fingerprint density at radius 3 is 2.61 bits per heavy atom. The first-order chi connectivity index (χ1) is 10.2. The van der Waals surface area contributed by atoms with Crippen LogP contribution in [0.25, 0.3) is 0 Å². The van der Waals surface area contributed by atoms with E-state index in [0.29, 0.717) is 4.67 Å². The van der Waals surface area contributed by atoms with Crippen LogP contribution in [0.5, 0.6) is 0 Å². The molecule has 118 valence electrons. The minimum atomic E-state index is -1.28. The van der Waals surface area contributed by atoms with Gasteiger partial charge in [-0.3, -0.25) is 9.59 Å². The smallest absolute Gasteiger partial charge is 0.548 e. The number of carboxylic acid groups (broad SMARTS) is 1. The van der Waals surface area contributed by atoms with Crippen molar-refractivity contribution < 1.29 is 53.5 Å². The van der Waals surface area contributed by atoms with Crippen molar-refractivity contribution in [1.82, 2.24) is 10.2 Å². The molecule has 0 aromatic carbocycles. The van der Waals surface area contributed by atoms with Crippen molar-refractivity contribution in [2.24, 2.45) is 0 Å². The second kappa shape index (κ2) is 6.44. The van der Waals surface area contributed by atoms with Gasteiger partial charge in [0.1, 0.15) is 11.4 Å². The Morgan fingerprint density at radius 1 is 1.43 bits per heavy atom. The number of thioether (sulfide) groups is 1. The van der Waals surface area contributed by atoms with Gasteiger partial charge in [0.25, 0.3) is 5.91 Å². The molecular formula is C13H12BrN2NaO5S. The molecule has 7 nitrogen and oxygen atoms in total. The molecule has 3 unspecified atom stereocenters. The average molecular weight is 411 g/mol. The van der Waals surface area contributed by atoms with Gasteiger partial charge in [0.15, 0.2) is 10.4 Å². The molecule has 0 saturated carbocycles. The summed E-state index contributed by atoms with van der Waals surface area (Å²) in [6.45, 7) is 3.48. The molecule has 3 atom stereocenters. The number of amides is 2. The monoisotopic (exact) mass is 410 g/mol. The minimum absolute atomic E-state index is 0. The van der Waals surface area contributed by atoms with Gasteiger partial charge in [-0.15, -0.1) is 11.8 Å². The van der Waals surface area contributed by atoms with Crippen molar-refractivity contribution in [2.45, 2.75) is 36.1 Å². The van der Waals surface area contributed by atoms with E-state index in [-0.39, 0.29) is 35.3 Å². The molecule has 2 aliphatic heterocycles. The van der Waals surface area contributed by atoms with Crippen LogP contribution in [0, 0.1) is 0 Å². The number of β-lactam (4-membered cyclic amide) rings is 1. The fourth-order valence-electron chi connectivity index (χ4n) is 2.78. The molecule has 2 fully saturated rings. The quantitative estimate of drug-likeness (QED) is 0.419. The standard InChI is InChI=1S/C13H13BrN2O5S.Na/c1-13(2)8(12(19)20)16-10(18)7(11(16)22-13)15-9(17)5-3-4-6(14)21-5;/h3-4,7-8,11H,1-2H3,(H,15,17)(H,19,20);/q;+1/p-1. The zero-order valence-corrected chi connectivity index (χ0v) is 17.1. The summed E-state index contributed by atoms with van der Waals surface area (Å²) < 4.78 is 4.87. The van der Waals surface area contributed by atoms with E-state index in [4.69, 9.17) is 4.42 Å². The van der Waals surface area contributed by atoms with Gasteiger partial charge in [-0.05, 0) is 41.9 Å². The van der Waals surface area contributed by atoms with Crippen LogP contribution >= 0.6 is 27.7 Å². The first-order valence-corrected chi connectivity index (χ1v) is 8.16. The summed E-state index contributed by atoms with van der Waals surface area (Å²) in [5.41, 5.74) is 0. The van der Waals surface area contributed by atoms with Crippen LogP contribution in [0.1, 0.15) is 24.4 Å². The first-order valence-electron chi connectivity index (χ1n) is 6.49. The maximum absolute atomic E-state index is 12.2. The van der Waals surface area contributed by atoms with Gasteiger partial charge >= 0.3 is 29.6 Å². The number of furan rings is 1. The van der Waals surface area contributed by atoms with Gasteiger partial charge in [0, 0.05) is 4.75 Å². The Labute approximate surface area is 166 Å². The fraction of sp³-hybridized carbons (Fsp3) is 0.462. The van der Waals surface area contributed by atoms with E-state index in [1.165, 1.54) is 22.7 Å². The van der Waals surface area contributed by atoms with E-state index in [9.17, 15) is 19.5 Å². The van der Waals surface area contributed by atoms with Crippen molar-refractivity contribution >= 4 is 45.5 Å². The summed E-state index contributed by atoms with van der Waals surface area (Å²) in [6.07, 6.45) is 0. The predicted molar refractivity (Wildman–Crippen MR) is 78.8 cm³/mol. The second-order valence-electron chi connectivity index (χ2n) is 5.63. The summed E-state index contributed by atoms with van der Waals surface area (Å²) in [4.78, 5) is 36.8. The molecule has 2 aliphatic rings. The number of carbonyl (C=O) groups excluding carboxylic acids is 3. The third-order valence-corrected chi connectivity index (χ3v) is 5.75. The number of carboxylic acids is 1. The van der Waals surface area contributed by atoms with Gasteiger partial charge in [0.2, 0.25) is 5.91 Å². The van der Waals surface area contributed by atoms with Crippen LogP contribution in [0.4, 0.5) is 0 Å². The molecule has 10 heteroatoms. The van der Waals surface area contributed by atoms with Crippen LogP contribution in [0.3, 0.4) is 0 Å². The van der Waals surface area contributed by atoms with Crippen LogP contribution in [-0.4, -0.2) is 44.9 Å². The summed E-state index contributed by atoms with van der Waals surface area (Å²) in [7, 11) is 0. The fourth-order valence-corrected chi connectivity index (χ4v) is 4.70. The van der Waals surface area contributed by atoms with Crippen LogP contribution in [-0.2, 0) is 9.59 Å². The SMILES string of the molecule is CC1(C)SC2C(NC(=O)c3ccc(Br)o3)C(=O)N2C1C(=O)[O-].[Na+]. The Balaban J connectivity index is 0.00000192. The number of carbonyl (C=O) groups is 3. The molecule has 23 heavy (non-hydrogen) atoms. The summed E-state index contributed by atoms with van der Waals surface area (Å²) >= 11 is 4.43. The minimum Gasteiger partial charge on any atom is -0.548 e. The van der Waals surface area contributed by atoms with E-state index in [1.807, 2.05) is 0 Å². The number of aliphatic carboxylic acids is 1. The van der Waals surface area contributed by atoms with Gasteiger partial charge in [-0.25, -0.2) is 0 Å². The number of fused-ring (bicyclic) bond motifs is 1. The third-order valence-electron chi connectivity index (χ3n) is 3.75. The number of rotatable bonds is 3. The number of hydrogen-bond donors (Lipinski definition) is 1. The molecule has 1 aromatic rings. The van der Waals surface area contributed by atoms with E-state index in [0.717, 1.165) is 0 Å². The topological polar surface area (TPSA) is 103 Å². The zero-order valence-electron chi connectivity index (χ0n) is 12.7. The molecular weight excluding hydrogens is 399 g/mol. The molecule has 1 aromatic heterocycles. The average Bonchev–Trinajstić information content (AvgIpc) is 2.95. The van der Waals surface area contributed by atoms with Gasteiger partial charge in [-0.1, -0.05) is 0 Å². The Kier molecular flexibility index (Phi) is 5.28. The van der Waals surface area contributed by atoms with Crippen molar-refractivity contribution in [3.8, 4) is 0 Å². The normalized spacial score (nSPS) is 27.7. The van der Waals surface area contributed by atoms with Crippen molar-refractivity contribution in [2.75, 3.05) is 0 Å². The molecule has 2 saturated heterocycles. The molecule has 0 bridgehead atoms. The number of nitrogens with zero attached hydrogens (tertiary/aromatic N) is 1. The van der Waals surface area contributed by atoms with Gasteiger partial charge in [-0.2, -0.15) is 0 Å². The molecule has 0 spiro atoms. The van der Waals surface area contributed by atoms with E-state index in [2.05, 4.69) is 21.2 Å². The molecule has 3 rings (SSSR count). The summed E-state index contributed by atoms with van der Waals surface area (Å²) in [5.74, 6) is -2.14. The van der Waals surface area contributed by atoms with Crippen molar-refractivity contribution in [3.05, 3.63) is 22.6 Å². The van der Waals surface area contributed by atoms with Crippen molar-refractivity contribution in [1.29, 1.82) is 0 Å². The van der Waals surface area contributed by atoms with Crippen LogP contribution in [0.15, 0.2) is 21.2 Å². The number of hydrogen-bond acceptors (Lipinski definition) is 6. The summed E-state index contributed by atoms with van der Waals surface area (Å²) in [5, 5.41) is 13.5. The summed E-state index contributed by atoms with van der Waals surface area (Å²) in [6, 6.07) is 1.30. The molecule has 3 heterocycles. The number of halogens is 1. The van der Waals surface area contributed by atoms with Crippen LogP contribution in [0.2, 0.25) is 0 Å². The van der Waals surface area contributed by atoms with Gasteiger partial charge < -0.3 is 24.5 Å². The molecule has 2 amide bonds.